The standard InChI is InChI=1S/C11H22NP/c13-11(12-9-10-12)7-5-3-1-2-4-6-8-11/h1-10,13H2. The maximum atomic E-state index is 3.15. The normalized spacial score (nSPS) is 30.2. The Morgan fingerprint density at radius 1 is 0.769 bits per heavy atom. The zero-order valence-corrected chi connectivity index (χ0v) is 9.75. The Morgan fingerprint density at radius 3 is 1.69 bits per heavy atom. The highest BCUT2D eigenvalue weighted by Crippen LogP contribution is 2.40. The van der Waals surface area contributed by atoms with E-state index in [-0.39, 0.29) is 0 Å². The van der Waals surface area contributed by atoms with Crippen LogP contribution in [0, 0.1) is 0 Å². The molecule has 1 heterocycles. The van der Waals surface area contributed by atoms with E-state index in [1.807, 2.05) is 0 Å². The van der Waals surface area contributed by atoms with Crippen molar-refractivity contribution in [3.05, 3.63) is 0 Å². The molecule has 1 aliphatic carbocycles. The van der Waals surface area contributed by atoms with Gasteiger partial charge in [0.1, 0.15) is 0 Å². The third kappa shape index (κ3) is 2.67. The van der Waals surface area contributed by atoms with Crippen molar-refractivity contribution in [1.82, 2.24) is 4.90 Å². The first-order chi connectivity index (χ1) is 6.31. The molecule has 1 atom stereocenters. The van der Waals surface area contributed by atoms with Gasteiger partial charge in [0.25, 0.3) is 0 Å². The molecule has 2 heteroatoms. The second kappa shape index (κ2) is 4.28. The van der Waals surface area contributed by atoms with Crippen molar-refractivity contribution < 1.29 is 0 Å². The van der Waals surface area contributed by atoms with Crippen molar-refractivity contribution in [1.29, 1.82) is 0 Å². The first kappa shape index (κ1) is 9.93. The minimum absolute atomic E-state index is 0.504. The van der Waals surface area contributed by atoms with E-state index >= 15 is 0 Å². The van der Waals surface area contributed by atoms with Crippen LogP contribution in [0.15, 0.2) is 0 Å². The van der Waals surface area contributed by atoms with E-state index < -0.39 is 0 Å². The molecule has 1 saturated carbocycles. The van der Waals surface area contributed by atoms with Gasteiger partial charge in [-0.15, -0.1) is 9.24 Å². The van der Waals surface area contributed by atoms with Crippen LogP contribution >= 0.6 is 9.24 Å². The van der Waals surface area contributed by atoms with E-state index in [1.54, 1.807) is 0 Å². The quantitative estimate of drug-likeness (QED) is 0.463. The second-order valence-corrected chi connectivity index (χ2v) is 5.79. The number of hydrogen-bond acceptors (Lipinski definition) is 1. The Morgan fingerprint density at radius 2 is 1.23 bits per heavy atom. The number of hydrogen-bond donors (Lipinski definition) is 0. The van der Waals surface area contributed by atoms with Crippen LogP contribution in [0.4, 0.5) is 0 Å². The van der Waals surface area contributed by atoms with Gasteiger partial charge < -0.3 is 0 Å². The number of rotatable bonds is 1. The molecular formula is C11H22NP. The summed E-state index contributed by atoms with van der Waals surface area (Å²) in [5.74, 6) is 0. The van der Waals surface area contributed by atoms with Gasteiger partial charge in [0.2, 0.25) is 0 Å². The molecule has 0 aromatic rings. The van der Waals surface area contributed by atoms with Crippen LogP contribution in [0.2, 0.25) is 0 Å². The zero-order valence-electron chi connectivity index (χ0n) is 8.60. The molecule has 0 amide bonds. The predicted octanol–water partition coefficient (Wildman–Crippen LogP) is 3.01. The van der Waals surface area contributed by atoms with Crippen molar-refractivity contribution in [2.24, 2.45) is 0 Å². The first-order valence-electron chi connectivity index (χ1n) is 5.85. The van der Waals surface area contributed by atoms with E-state index in [0.717, 1.165) is 0 Å². The van der Waals surface area contributed by atoms with Crippen LogP contribution in [-0.2, 0) is 0 Å². The summed E-state index contributed by atoms with van der Waals surface area (Å²) in [5.41, 5.74) is 0. The molecule has 13 heavy (non-hydrogen) atoms. The van der Waals surface area contributed by atoms with E-state index in [2.05, 4.69) is 14.1 Å². The summed E-state index contributed by atoms with van der Waals surface area (Å²) in [6.45, 7) is 2.70. The monoisotopic (exact) mass is 199 g/mol. The molecule has 76 valence electrons. The molecule has 1 saturated heterocycles. The van der Waals surface area contributed by atoms with Gasteiger partial charge in [0.15, 0.2) is 0 Å². The van der Waals surface area contributed by atoms with Crippen LogP contribution in [0.1, 0.15) is 51.4 Å². The molecule has 1 unspecified atom stereocenters. The SMILES string of the molecule is PC1(N2CC2)CCCCCCCC1. The van der Waals surface area contributed by atoms with Crippen LogP contribution in [0.3, 0.4) is 0 Å². The van der Waals surface area contributed by atoms with Gasteiger partial charge in [-0.2, -0.15) is 0 Å². The average Bonchev–Trinajstić information content (AvgIpc) is 2.92. The summed E-state index contributed by atoms with van der Waals surface area (Å²) in [6, 6.07) is 0. The lowest BCUT2D eigenvalue weighted by atomic mass is 10.0. The molecule has 2 fully saturated rings. The van der Waals surface area contributed by atoms with Crippen LogP contribution in [0.25, 0.3) is 0 Å². The minimum atomic E-state index is 0.504. The fraction of sp³-hybridized carbons (Fsp3) is 1.00. The molecule has 0 spiro atoms. The number of nitrogens with zero attached hydrogens (tertiary/aromatic N) is 1. The fourth-order valence-corrected chi connectivity index (χ4v) is 3.17. The summed E-state index contributed by atoms with van der Waals surface area (Å²) in [4.78, 5) is 2.64. The van der Waals surface area contributed by atoms with Gasteiger partial charge in [-0.1, -0.05) is 38.5 Å². The fourth-order valence-electron chi connectivity index (χ4n) is 2.51. The molecule has 1 aliphatic heterocycles. The average molecular weight is 199 g/mol. The van der Waals surface area contributed by atoms with E-state index in [9.17, 15) is 0 Å². The summed E-state index contributed by atoms with van der Waals surface area (Å²) >= 11 is 0. The lowest BCUT2D eigenvalue weighted by Gasteiger charge is -2.30. The summed E-state index contributed by atoms with van der Waals surface area (Å²) in [7, 11) is 3.15. The van der Waals surface area contributed by atoms with Crippen molar-refractivity contribution in [3.63, 3.8) is 0 Å². The summed E-state index contributed by atoms with van der Waals surface area (Å²) in [5, 5.41) is 0.504. The van der Waals surface area contributed by atoms with E-state index in [0.29, 0.717) is 5.28 Å². The molecule has 2 rings (SSSR count). The third-order valence-corrected chi connectivity index (χ3v) is 4.49. The van der Waals surface area contributed by atoms with E-state index in [1.165, 1.54) is 64.5 Å². The van der Waals surface area contributed by atoms with Gasteiger partial charge in [-0.05, 0) is 12.8 Å². The van der Waals surface area contributed by atoms with Crippen molar-refractivity contribution >= 4 is 9.24 Å². The highest BCUT2D eigenvalue weighted by atomic mass is 31.0. The first-order valence-corrected chi connectivity index (χ1v) is 6.43. The van der Waals surface area contributed by atoms with Crippen molar-refractivity contribution in [2.45, 2.75) is 56.6 Å². The Kier molecular flexibility index (Phi) is 3.26. The lowest BCUT2D eigenvalue weighted by molar-refractivity contribution is 0.299. The summed E-state index contributed by atoms with van der Waals surface area (Å²) < 4.78 is 0. The molecular weight excluding hydrogens is 177 g/mol. The van der Waals surface area contributed by atoms with Crippen LogP contribution < -0.4 is 0 Å². The third-order valence-electron chi connectivity index (χ3n) is 3.55. The summed E-state index contributed by atoms with van der Waals surface area (Å²) in [6.07, 6.45) is 11.6. The maximum Gasteiger partial charge on any atom is 0.0351 e. The Bertz CT molecular complexity index is 155. The van der Waals surface area contributed by atoms with E-state index in [4.69, 9.17) is 0 Å². The molecule has 0 N–H and O–H groups in total. The van der Waals surface area contributed by atoms with Gasteiger partial charge >= 0.3 is 0 Å². The molecule has 0 radical (unpaired) electrons. The topological polar surface area (TPSA) is 3.01 Å². The van der Waals surface area contributed by atoms with Gasteiger partial charge in [-0.25, -0.2) is 0 Å². The Balaban J connectivity index is 1.90. The van der Waals surface area contributed by atoms with Crippen molar-refractivity contribution in [2.75, 3.05) is 13.1 Å². The van der Waals surface area contributed by atoms with Crippen molar-refractivity contribution in [3.8, 4) is 0 Å². The zero-order chi connectivity index (χ0) is 9.15. The van der Waals surface area contributed by atoms with Gasteiger partial charge in [0, 0.05) is 18.4 Å². The smallest absolute Gasteiger partial charge is 0.0351 e. The minimum Gasteiger partial charge on any atom is -0.292 e. The second-order valence-electron chi connectivity index (χ2n) is 4.71. The lowest BCUT2D eigenvalue weighted by Crippen LogP contribution is -2.30. The van der Waals surface area contributed by atoms with Gasteiger partial charge in [-0.3, -0.25) is 4.90 Å². The maximum absolute atomic E-state index is 3.15. The van der Waals surface area contributed by atoms with Crippen LogP contribution in [0.5, 0.6) is 0 Å². The highest BCUT2D eigenvalue weighted by Gasteiger charge is 2.37. The largest absolute Gasteiger partial charge is 0.292 e. The predicted molar refractivity (Wildman–Crippen MR) is 61.0 cm³/mol. The molecule has 2 aliphatic rings. The molecule has 0 bridgehead atoms. The van der Waals surface area contributed by atoms with Crippen LogP contribution in [-0.4, -0.2) is 23.3 Å². The molecule has 0 aromatic heterocycles. The molecule has 1 nitrogen and oxygen atoms in total. The Labute approximate surface area is 84.5 Å². The Hall–Kier alpha value is 0.390. The van der Waals surface area contributed by atoms with Gasteiger partial charge in [0.05, 0.1) is 0 Å². The molecule has 0 aromatic carbocycles. The highest BCUT2D eigenvalue weighted by molar-refractivity contribution is 7.18.